The molecule has 0 spiro atoms. The maximum atomic E-state index is 13.3. The zero-order chi connectivity index (χ0) is 14.0. The summed E-state index contributed by atoms with van der Waals surface area (Å²) in [7, 11) is 1.58. The predicted molar refractivity (Wildman–Crippen MR) is 75.0 cm³/mol. The normalized spacial score (nSPS) is 10.3. The second-order valence-corrected chi connectivity index (χ2v) is 4.44. The summed E-state index contributed by atoms with van der Waals surface area (Å²) in [5, 5.41) is -0.178. The molecule has 2 rings (SSSR count). The van der Waals surface area contributed by atoms with E-state index < -0.39 is 11.7 Å². The molecular weight excluding hydrogens is 267 g/mol. The molecule has 2 aromatic carbocycles. The lowest BCUT2D eigenvalue weighted by molar-refractivity contribution is 0.0993. The van der Waals surface area contributed by atoms with E-state index in [9.17, 15) is 9.18 Å². The molecule has 0 heterocycles. The highest BCUT2D eigenvalue weighted by atomic mass is 35.5. The van der Waals surface area contributed by atoms with Gasteiger partial charge in [0.25, 0.3) is 5.91 Å². The molecule has 98 valence electrons. The predicted octanol–water partition coefficient (Wildman–Crippen LogP) is 3.34. The number of halogens is 2. The average Bonchev–Trinajstić information content (AvgIpc) is 2.40. The number of hydrogen-bond donors (Lipinski definition) is 1. The van der Waals surface area contributed by atoms with E-state index in [4.69, 9.17) is 17.3 Å². The van der Waals surface area contributed by atoms with Crippen LogP contribution in [0.5, 0.6) is 0 Å². The van der Waals surface area contributed by atoms with Gasteiger partial charge in [-0.1, -0.05) is 23.7 Å². The Bertz CT molecular complexity index is 631. The number of nitrogens with two attached hydrogens (primary N) is 1. The fourth-order valence-electron chi connectivity index (χ4n) is 1.70. The van der Waals surface area contributed by atoms with Gasteiger partial charge in [0.05, 0.1) is 10.6 Å². The van der Waals surface area contributed by atoms with Crippen molar-refractivity contribution in [3.05, 3.63) is 58.9 Å². The van der Waals surface area contributed by atoms with Crippen LogP contribution in [0.2, 0.25) is 5.02 Å². The molecule has 0 aliphatic rings. The van der Waals surface area contributed by atoms with Gasteiger partial charge in [-0.3, -0.25) is 4.79 Å². The van der Waals surface area contributed by atoms with Crippen molar-refractivity contribution in [2.75, 3.05) is 17.7 Å². The summed E-state index contributed by atoms with van der Waals surface area (Å²) in [5.74, 6) is -1.01. The molecule has 0 aromatic heterocycles. The monoisotopic (exact) mass is 278 g/mol. The number of anilines is 2. The molecule has 0 saturated heterocycles. The zero-order valence-corrected chi connectivity index (χ0v) is 11.0. The van der Waals surface area contributed by atoms with E-state index in [0.717, 1.165) is 0 Å². The minimum Gasteiger partial charge on any atom is -0.399 e. The number of amides is 1. The Morgan fingerprint density at radius 1 is 1.26 bits per heavy atom. The van der Waals surface area contributed by atoms with Gasteiger partial charge in [-0.15, -0.1) is 0 Å². The van der Waals surface area contributed by atoms with Crippen LogP contribution in [0, 0.1) is 5.82 Å². The summed E-state index contributed by atoms with van der Waals surface area (Å²) in [6.45, 7) is 0. The molecule has 0 bridgehead atoms. The Kier molecular flexibility index (Phi) is 3.71. The molecule has 0 fully saturated rings. The standard InChI is InChI=1S/C14H12ClFN2O/c1-18(10-5-2-4-9(17)8-10)14(19)11-6-3-7-12(16)13(11)15/h2-8H,17H2,1H3. The van der Waals surface area contributed by atoms with E-state index in [0.29, 0.717) is 11.4 Å². The van der Waals surface area contributed by atoms with Gasteiger partial charge < -0.3 is 10.6 Å². The summed E-state index contributed by atoms with van der Waals surface area (Å²) >= 11 is 5.80. The number of hydrogen-bond acceptors (Lipinski definition) is 2. The first-order valence-corrected chi connectivity index (χ1v) is 5.96. The number of rotatable bonds is 2. The Morgan fingerprint density at radius 2 is 1.95 bits per heavy atom. The van der Waals surface area contributed by atoms with Gasteiger partial charge in [-0.05, 0) is 30.3 Å². The summed E-state index contributed by atoms with van der Waals surface area (Å²) < 4.78 is 13.3. The number of nitrogens with zero attached hydrogens (tertiary/aromatic N) is 1. The minimum absolute atomic E-state index is 0.117. The Hall–Kier alpha value is -2.07. The quantitative estimate of drug-likeness (QED) is 0.857. The maximum Gasteiger partial charge on any atom is 0.259 e. The molecule has 3 nitrogen and oxygen atoms in total. The first-order chi connectivity index (χ1) is 9.00. The minimum atomic E-state index is -0.617. The molecule has 1 amide bonds. The van der Waals surface area contributed by atoms with Crippen molar-refractivity contribution in [1.82, 2.24) is 0 Å². The third-order valence-corrected chi connectivity index (χ3v) is 3.13. The van der Waals surface area contributed by atoms with Crippen molar-refractivity contribution in [3.8, 4) is 0 Å². The van der Waals surface area contributed by atoms with Crippen LogP contribution in [0.25, 0.3) is 0 Å². The molecule has 0 aliphatic heterocycles. The van der Waals surface area contributed by atoms with Gasteiger partial charge >= 0.3 is 0 Å². The van der Waals surface area contributed by atoms with Crippen LogP contribution in [0.3, 0.4) is 0 Å². The van der Waals surface area contributed by atoms with Crippen molar-refractivity contribution in [1.29, 1.82) is 0 Å². The molecule has 19 heavy (non-hydrogen) atoms. The van der Waals surface area contributed by atoms with E-state index in [1.165, 1.54) is 23.1 Å². The van der Waals surface area contributed by atoms with Gasteiger partial charge in [0.1, 0.15) is 5.82 Å². The van der Waals surface area contributed by atoms with Gasteiger partial charge in [0, 0.05) is 18.4 Å². The molecular formula is C14H12ClFN2O. The Labute approximate surface area is 115 Å². The molecule has 0 unspecified atom stereocenters. The van der Waals surface area contributed by atoms with Crippen LogP contribution < -0.4 is 10.6 Å². The van der Waals surface area contributed by atoms with E-state index in [2.05, 4.69) is 0 Å². The van der Waals surface area contributed by atoms with Crippen molar-refractivity contribution in [2.45, 2.75) is 0 Å². The highest BCUT2D eigenvalue weighted by Crippen LogP contribution is 2.24. The lowest BCUT2D eigenvalue weighted by Gasteiger charge is -2.18. The number of benzene rings is 2. The fraction of sp³-hybridized carbons (Fsp3) is 0.0714. The smallest absolute Gasteiger partial charge is 0.259 e. The van der Waals surface area contributed by atoms with Crippen LogP contribution in [0.15, 0.2) is 42.5 Å². The second kappa shape index (κ2) is 5.28. The number of nitrogen functional groups attached to an aromatic ring is 1. The first kappa shape index (κ1) is 13.4. The van der Waals surface area contributed by atoms with Crippen molar-refractivity contribution in [3.63, 3.8) is 0 Å². The highest BCUT2D eigenvalue weighted by Gasteiger charge is 2.18. The number of carbonyl (C=O) groups is 1. The fourth-order valence-corrected chi connectivity index (χ4v) is 1.91. The topological polar surface area (TPSA) is 46.3 Å². The molecule has 0 aliphatic carbocycles. The maximum absolute atomic E-state index is 13.3. The molecule has 0 atom stereocenters. The summed E-state index contributed by atoms with van der Waals surface area (Å²) in [5.41, 5.74) is 6.94. The van der Waals surface area contributed by atoms with Crippen molar-refractivity contribution in [2.24, 2.45) is 0 Å². The van der Waals surface area contributed by atoms with Crippen molar-refractivity contribution >= 4 is 28.9 Å². The van der Waals surface area contributed by atoms with E-state index in [1.54, 1.807) is 31.3 Å². The van der Waals surface area contributed by atoms with Crippen LogP contribution in [-0.2, 0) is 0 Å². The molecule has 0 saturated carbocycles. The Morgan fingerprint density at radius 3 is 2.63 bits per heavy atom. The zero-order valence-electron chi connectivity index (χ0n) is 10.2. The van der Waals surface area contributed by atoms with Crippen molar-refractivity contribution < 1.29 is 9.18 Å². The average molecular weight is 279 g/mol. The SMILES string of the molecule is CN(C(=O)c1cccc(F)c1Cl)c1cccc(N)c1. The molecule has 5 heteroatoms. The van der Waals surface area contributed by atoms with Crippen LogP contribution in [0.4, 0.5) is 15.8 Å². The lowest BCUT2D eigenvalue weighted by Crippen LogP contribution is -2.26. The van der Waals surface area contributed by atoms with E-state index in [1.807, 2.05) is 0 Å². The van der Waals surface area contributed by atoms with Gasteiger partial charge in [0.15, 0.2) is 0 Å². The van der Waals surface area contributed by atoms with Gasteiger partial charge in [-0.25, -0.2) is 4.39 Å². The molecule has 2 aromatic rings. The van der Waals surface area contributed by atoms with Crippen LogP contribution in [0.1, 0.15) is 10.4 Å². The highest BCUT2D eigenvalue weighted by molar-refractivity contribution is 6.34. The number of carbonyl (C=O) groups excluding carboxylic acids is 1. The van der Waals surface area contributed by atoms with Crippen LogP contribution >= 0.6 is 11.6 Å². The second-order valence-electron chi connectivity index (χ2n) is 4.06. The van der Waals surface area contributed by atoms with Gasteiger partial charge in [-0.2, -0.15) is 0 Å². The van der Waals surface area contributed by atoms with E-state index >= 15 is 0 Å². The first-order valence-electron chi connectivity index (χ1n) is 5.58. The van der Waals surface area contributed by atoms with E-state index in [-0.39, 0.29) is 10.6 Å². The van der Waals surface area contributed by atoms with Gasteiger partial charge in [0.2, 0.25) is 0 Å². The van der Waals surface area contributed by atoms with Crippen LogP contribution in [-0.4, -0.2) is 13.0 Å². The summed E-state index contributed by atoms with van der Waals surface area (Å²) in [4.78, 5) is 13.6. The molecule has 0 radical (unpaired) electrons. The Balaban J connectivity index is 2.36. The summed E-state index contributed by atoms with van der Waals surface area (Å²) in [6.07, 6.45) is 0. The largest absolute Gasteiger partial charge is 0.399 e. The summed E-state index contributed by atoms with van der Waals surface area (Å²) in [6, 6.07) is 11.0. The molecule has 2 N–H and O–H groups in total. The third kappa shape index (κ3) is 2.69. The third-order valence-electron chi connectivity index (χ3n) is 2.74. The lowest BCUT2D eigenvalue weighted by atomic mass is 10.1.